The number of benzene rings is 1. The summed E-state index contributed by atoms with van der Waals surface area (Å²) in [6.45, 7) is 4.59. The van der Waals surface area contributed by atoms with Crippen molar-refractivity contribution in [1.82, 2.24) is 5.32 Å². The third kappa shape index (κ3) is 4.00. The fraction of sp³-hybridized carbons (Fsp3) is 0.625. The largest absolute Gasteiger partial charge is 0.316 e. The van der Waals surface area contributed by atoms with Crippen LogP contribution in [0.4, 0.5) is 0 Å². The maximum Gasteiger partial charge on any atom is 0.0406 e. The molecule has 1 aliphatic carbocycles. The van der Waals surface area contributed by atoms with Crippen LogP contribution in [0.3, 0.4) is 0 Å². The SMILES string of the molecule is CCCNCC1CCCC1Cc1ccc(Cl)cc1. The van der Waals surface area contributed by atoms with Gasteiger partial charge >= 0.3 is 0 Å². The minimum atomic E-state index is 0.839. The van der Waals surface area contributed by atoms with Gasteiger partial charge in [-0.25, -0.2) is 0 Å². The molecule has 1 saturated carbocycles. The van der Waals surface area contributed by atoms with Gasteiger partial charge in [-0.15, -0.1) is 0 Å². The highest BCUT2D eigenvalue weighted by Gasteiger charge is 2.26. The molecule has 0 saturated heterocycles. The molecule has 2 atom stereocenters. The van der Waals surface area contributed by atoms with Gasteiger partial charge in [0.1, 0.15) is 0 Å². The molecule has 2 heteroatoms. The lowest BCUT2D eigenvalue weighted by molar-refractivity contribution is 0.365. The number of hydrogen-bond donors (Lipinski definition) is 1. The second kappa shape index (κ2) is 7.16. The van der Waals surface area contributed by atoms with Crippen LogP contribution >= 0.6 is 11.6 Å². The normalized spacial score (nSPS) is 23.4. The van der Waals surface area contributed by atoms with Crippen LogP contribution in [-0.2, 0) is 6.42 Å². The van der Waals surface area contributed by atoms with Crippen LogP contribution in [0.15, 0.2) is 24.3 Å². The summed E-state index contributed by atoms with van der Waals surface area (Å²) in [7, 11) is 0. The van der Waals surface area contributed by atoms with E-state index in [-0.39, 0.29) is 0 Å². The first-order valence-electron chi connectivity index (χ1n) is 7.24. The van der Waals surface area contributed by atoms with Crippen LogP contribution in [0.2, 0.25) is 5.02 Å². The van der Waals surface area contributed by atoms with E-state index in [1.807, 2.05) is 12.1 Å². The van der Waals surface area contributed by atoms with E-state index in [0.29, 0.717) is 0 Å². The maximum atomic E-state index is 5.93. The lowest BCUT2D eigenvalue weighted by Crippen LogP contribution is -2.26. The Kier molecular flexibility index (Phi) is 5.52. The van der Waals surface area contributed by atoms with Crippen LogP contribution in [0.1, 0.15) is 38.2 Å². The third-order valence-corrected chi connectivity index (χ3v) is 4.31. The Hall–Kier alpha value is -0.530. The second-order valence-electron chi connectivity index (χ2n) is 5.49. The molecule has 1 aromatic carbocycles. The zero-order valence-corrected chi connectivity index (χ0v) is 12.0. The highest BCUT2D eigenvalue weighted by atomic mass is 35.5. The van der Waals surface area contributed by atoms with Gasteiger partial charge < -0.3 is 5.32 Å². The molecule has 0 radical (unpaired) electrons. The molecule has 1 nitrogen and oxygen atoms in total. The number of nitrogens with one attached hydrogen (secondary N) is 1. The average Bonchev–Trinajstić information content (AvgIpc) is 2.80. The predicted octanol–water partition coefficient (Wildman–Crippen LogP) is 4.30. The number of hydrogen-bond acceptors (Lipinski definition) is 1. The first kappa shape index (κ1) is 13.9. The van der Waals surface area contributed by atoms with Crippen molar-refractivity contribution < 1.29 is 0 Å². The molecule has 1 aromatic rings. The van der Waals surface area contributed by atoms with Crippen molar-refractivity contribution in [2.45, 2.75) is 39.0 Å². The summed E-state index contributed by atoms with van der Waals surface area (Å²) in [6, 6.07) is 8.38. The van der Waals surface area contributed by atoms with Crippen molar-refractivity contribution in [3.05, 3.63) is 34.9 Å². The van der Waals surface area contributed by atoms with Gasteiger partial charge in [0.05, 0.1) is 0 Å². The van der Waals surface area contributed by atoms with Crippen LogP contribution in [0.5, 0.6) is 0 Å². The molecule has 0 bridgehead atoms. The predicted molar refractivity (Wildman–Crippen MR) is 79.1 cm³/mol. The van der Waals surface area contributed by atoms with Crippen LogP contribution in [0.25, 0.3) is 0 Å². The average molecular weight is 266 g/mol. The van der Waals surface area contributed by atoms with Gasteiger partial charge in [-0.3, -0.25) is 0 Å². The molecule has 0 aliphatic heterocycles. The number of rotatable bonds is 6. The summed E-state index contributed by atoms with van der Waals surface area (Å²) in [6.07, 6.45) is 6.64. The topological polar surface area (TPSA) is 12.0 Å². The molecule has 100 valence electrons. The maximum absolute atomic E-state index is 5.93. The first-order valence-corrected chi connectivity index (χ1v) is 7.62. The van der Waals surface area contributed by atoms with E-state index >= 15 is 0 Å². The Labute approximate surface area is 116 Å². The molecular formula is C16H24ClN. The molecule has 0 aromatic heterocycles. The van der Waals surface area contributed by atoms with E-state index < -0.39 is 0 Å². The monoisotopic (exact) mass is 265 g/mol. The van der Waals surface area contributed by atoms with E-state index in [2.05, 4.69) is 24.4 Å². The first-order chi connectivity index (χ1) is 8.79. The van der Waals surface area contributed by atoms with Crippen LogP contribution in [-0.4, -0.2) is 13.1 Å². The van der Waals surface area contributed by atoms with E-state index in [0.717, 1.165) is 23.4 Å². The van der Waals surface area contributed by atoms with E-state index in [1.165, 1.54) is 44.2 Å². The highest BCUT2D eigenvalue weighted by molar-refractivity contribution is 6.30. The van der Waals surface area contributed by atoms with Crippen molar-refractivity contribution in [3.8, 4) is 0 Å². The molecule has 0 spiro atoms. The molecule has 0 heterocycles. The van der Waals surface area contributed by atoms with Crippen molar-refractivity contribution >= 4 is 11.6 Å². The summed E-state index contributed by atoms with van der Waals surface area (Å²) in [5, 5.41) is 4.42. The fourth-order valence-corrected chi connectivity index (χ4v) is 3.16. The molecule has 1 N–H and O–H groups in total. The van der Waals surface area contributed by atoms with Gasteiger partial charge in [-0.2, -0.15) is 0 Å². The molecule has 2 unspecified atom stereocenters. The smallest absolute Gasteiger partial charge is 0.0406 e. The van der Waals surface area contributed by atoms with Crippen molar-refractivity contribution in [2.75, 3.05) is 13.1 Å². The molecular weight excluding hydrogens is 242 g/mol. The van der Waals surface area contributed by atoms with Crippen molar-refractivity contribution in [1.29, 1.82) is 0 Å². The van der Waals surface area contributed by atoms with E-state index in [1.54, 1.807) is 0 Å². The molecule has 0 amide bonds. The Bertz CT molecular complexity index is 347. The Balaban J connectivity index is 1.85. The molecule has 18 heavy (non-hydrogen) atoms. The van der Waals surface area contributed by atoms with Gasteiger partial charge in [0.2, 0.25) is 0 Å². The summed E-state index contributed by atoms with van der Waals surface area (Å²) >= 11 is 5.93. The minimum Gasteiger partial charge on any atom is -0.316 e. The fourth-order valence-electron chi connectivity index (χ4n) is 3.04. The Morgan fingerprint density at radius 1 is 1.17 bits per heavy atom. The lowest BCUT2D eigenvalue weighted by Gasteiger charge is -2.20. The molecule has 1 fully saturated rings. The molecule has 2 rings (SSSR count). The molecule has 1 aliphatic rings. The summed E-state index contributed by atoms with van der Waals surface area (Å²) in [5.74, 6) is 1.72. The summed E-state index contributed by atoms with van der Waals surface area (Å²) in [5.41, 5.74) is 1.44. The third-order valence-electron chi connectivity index (χ3n) is 4.06. The zero-order valence-electron chi connectivity index (χ0n) is 11.3. The van der Waals surface area contributed by atoms with Gasteiger partial charge in [-0.1, -0.05) is 37.1 Å². The van der Waals surface area contributed by atoms with Gasteiger partial charge in [-0.05, 0) is 68.3 Å². The second-order valence-corrected chi connectivity index (χ2v) is 5.92. The van der Waals surface area contributed by atoms with E-state index in [9.17, 15) is 0 Å². The minimum absolute atomic E-state index is 0.839. The van der Waals surface area contributed by atoms with Gasteiger partial charge in [0.25, 0.3) is 0 Å². The van der Waals surface area contributed by atoms with Crippen LogP contribution < -0.4 is 5.32 Å². The Morgan fingerprint density at radius 3 is 2.61 bits per heavy atom. The Morgan fingerprint density at radius 2 is 1.89 bits per heavy atom. The standard InChI is InChI=1S/C16H24ClN/c1-2-10-18-12-15-5-3-4-14(15)11-13-6-8-16(17)9-7-13/h6-9,14-15,18H,2-5,10-12H2,1H3. The summed E-state index contributed by atoms with van der Waals surface area (Å²) < 4.78 is 0. The van der Waals surface area contributed by atoms with Crippen molar-refractivity contribution in [2.24, 2.45) is 11.8 Å². The van der Waals surface area contributed by atoms with Gasteiger partial charge in [0.15, 0.2) is 0 Å². The quantitative estimate of drug-likeness (QED) is 0.757. The van der Waals surface area contributed by atoms with E-state index in [4.69, 9.17) is 11.6 Å². The lowest BCUT2D eigenvalue weighted by atomic mass is 9.89. The summed E-state index contributed by atoms with van der Waals surface area (Å²) in [4.78, 5) is 0. The van der Waals surface area contributed by atoms with Crippen LogP contribution in [0, 0.1) is 11.8 Å². The highest BCUT2D eigenvalue weighted by Crippen LogP contribution is 2.34. The number of halogens is 1. The van der Waals surface area contributed by atoms with Crippen molar-refractivity contribution in [3.63, 3.8) is 0 Å². The zero-order chi connectivity index (χ0) is 12.8. The van der Waals surface area contributed by atoms with Gasteiger partial charge in [0, 0.05) is 5.02 Å².